The summed E-state index contributed by atoms with van der Waals surface area (Å²) in [4.78, 5) is 20.1. The molecule has 3 rings (SSSR count). The highest BCUT2D eigenvalue weighted by Gasteiger charge is 2.21. The minimum atomic E-state index is -0.919. The topological polar surface area (TPSA) is 66.0 Å². The summed E-state index contributed by atoms with van der Waals surface area (Å²) in [6.45, 7) is 3.91. The Morgan fingerprint density at radius 2 is 2.33 bits per heavy atom. The van der Waals surface area contributed by atoms with Gasteiger partial charge in [-0.05, 0) is 31.7 Å². The Bertz CT molecular complexity index is 817. The molecule has 110 valence electrons. The summed E-state index contributed by atoms with van der Waals surface area (Å²) < 4.78 is 0.585. The molecule has 4 nitrogen and oxygen atoms in total. The molecule has 2 N–H and O–H groups in total. The molecule has 21 heavy (non-hydrogen) atoms. The Labute approximate surface area is 131 Å². The second-order valence-electron chi connectivity index (χ2n) is 5.39. The van der Waals surface area contributed by atoms with Gasteiger partial charge in [-0.2, -0.15) is 0 Å². The van der Waals surface area contributed by atoms with Crippen LogP contribution in [0.1, 0.15) is 53.2 Å². The molecule has 0 amide bonds. The number of rotatable bonds is 3. The minimum absolute atomic E-state index is 0.203. The van der Waals surface area contributed by atoms with Gasteiger partial charge in [-0.25, -0.2) is 9.78 Å². The third kappa shape index (κ3) is 2.42. The zero-order valence-electron chi connectivity index (χ0n) is 11.9. The van der Waals surface area contributed by atoms with Crippen LogP contribution in [-0.2, 0) is 0 Å². The molecule has 0 aromatic carbocycles. The SMILES string of the molecule is Cc1c(C(=O)O)sc2nc(C(C)C3=CCCC3)[nH]c(=S)c12. The van der Waals surface area contributed by atoms with E-state index in [1.54, 1.807) is 6.92 Å². The van der Waals surface area contributed by atoms with Crippen LogP contribution in [0.25, 0.3) is 10.2 Å². The lowest BCUT2D eigenvalue weighted by Crippen LogP contribution is -2.03. The number of aryl methyl sites for hydroxylation is 1. The number of nitrogens with zero attached hydrogens (tertiary/aromatic N) is 1. The molecular formula is C15H16N2O2S2. The number of carboxylic acid groups (broad SMARTS) is 1. The van der Waals surface area contributed by atoms with Crippen LogP contribution in [0, 0.1) is 11.6 Å². The Balaban J connectivity index is 2.15. The van der Waals surface area contributed by atoms with E-state index < -0.39 is 5.97 Å². The van der Waals surface area contributed by atoms with Crippen LogP contribution in [0.15, 0.2) is 11.6 Å². The van der Waals surface area contributed by atoms with Crippen LogP contribution in [0.2, 0.25) is 0 Å². The maximum Gasteiger partial charge on any atom is 0.346 e. The van der Waals surface area contributed by atoms with Crippen molar-refractivity contribution in [2.24, 2.45) is 0 Å². The van der Waals surface area contributed by atoms with Gasteiger partial charge in [0.25, 0.3) is 0 Å². The Morgan fingerprint density at radius 1 is 1.57 bits per heavy atom. The third-order valence-electron chi connectivity index (χ3n) is 4.06. The molecule has 6 heteroatoms. The summed E-state index contributed by atoms with van der Waals surface area (Å²) in [7, 11) is 0. The van der Waals surface area contributed by atoms with E-state index in [1.807, 2.05) is 0 Å². The molecule has 2 heterocycles. The molecule has 0 saturated heterocycles. The Kier molecular flexibility index (Phi) is 3.67. The third-order valence-corrected chi connectivity index (χ3v) is 5.54. The van der Waals surface area contributed by atoms with Crippen LogP contribution < -0.4 is 0 Å². The van der Waals surface area contributed by atoms with Crippen molar-refractivity contribution >= 4 is 39.7 Å². The molecule has 0 aliphatic heterocycles. The molecule has 1 aliphatic carbocycles. The zero-order chi connectivity index (χ0) is 15.1. The summed E-state index contributed by atoms with van der Waals surface area (Å²) in [5.41, 5.74) is 2.09. The number of thiophene rings is 1. The summed E-state index contributed by atoms with van der Waals surface area (Å²) in [5.74, 6) is 0.117. The minimum Gasteiger partial charge on any atom is -0.477 e. The molecule has 1 aliphatic rings. The number of allylic oxidation sites excluding steroid dienone is 2. The van der Waals surface area contributed by atoms with Crippen LogP contribution in [0.5, 0.6) is 0 Å². The quantitative estimate of drug-likeness (QED) is 0.642. The van der Waals surface area contributed by atoms with E-state index in [2.05, 4.69) is 23.0 Å². The van der Waals surface area contributed by atoms with E-state index in [1.165, 1.54) is 23.3 Å². The van der Waals surface area contributed by atoms with E-state index in [4.69, 9.17) is 12.2 Å². The first-order chi connectivity index (χ1) is 9.99. The van der Waals surface area contributed by atoms with Gasteiger partial charge in [0.1, 0.15) is 20.2 Å². The fourth-order valence-corrected chi connectivity index (χ4v) is 4.29. The number of aromatic amines is 1. The lowest BCUT2D eigenvalue weighted by molar-refractivity contribution is 0.0701. The molecule has 1 atom stereocenters. The van der Waals surface area contributed by atoms with Crippen molar-refractivity contribution in [3.05, 3.63) is 32.6 Å². The average molecular weight is 320 g/mol. The fraction of sp³-hybridized carbons (Fsp3) is 0.400. The van der Waals surface area contributed by atoms with Gasteiger partial charge < -0.3 is 10.1 Å². The van der Waals surface area contributed by atoms with Crippen molar-refractivity contribution in [2.45, 2.75) is 39.0 Å². The normalized spacial score (nSPS) is 16.2. The first kappa shape index (κ1) is 14.4. The van der Waals surface area contributed by atoms with Crippen molar-refractivity contribution in [3.8, 4) is 0 Å². The lowest BCUT2D eigenvalue weighted by Gasteiger charge is -2.12. The number of nitrogens with one attached hydrogen (secondary N) is 1. The Hall–Kier alpha value is -1.53. The molecule has 2 aromatic heterocycles. The summed E-state index contributed by atoms with van der Waals surface area (Å²) in [5, 5.41) is 10.0. The number of carboxylic acids is 1. The maximum absolute atomic E-state index is 11.3. The highest BCUT2D eigenvalue weighted by molar-refractivity contribution is 7.71. The molecule has 0 bridgehead atoms. The van der Waals surface area contributed by atoms with Crippen molar-refractivity contribution in [1.29, 1.82) is 0 Å². The number of fused-ring (bicyclic) bond motifs is 1. The summed E-state index contributed by atoms with van der Waals surface area (Å²) in [6.07, 6.45) is 5.70. The molecular weight excluding hydrogens is 304 g/mol. The molecule has 1 unspecified atom stereocenters. The van der Waals surface area contributed by atoms with E-state index in [0.29, 0.717) is 19.9 Å². The van der Waals surface area contributed by atoms with Crippen molar-refractivity contribution in [3.63, 3.8) is 0 Å². The number of hydrogen-bond donors (Lipinski definition) is 2. The lowest BCUT2D eigenvalue weighted by atomic mass is 10.00. The average Bonchev–Trinajstić information content (AvgIpc) is 3.06. The molecule has 0 radical (unpaired) electrons. The van der Waals surface area contributed by atoms with Crippen LogP contribution in [0.4, 0.5) is 0 Å². The monoisotopic (exact) mass is 320 g/mol. The number of H-pyrrole nitrogens is 1. The maximum atomic E-state index is 11.3. The van der Waals surface area contributed by atoms with Crippen LogP contribution >= 0.6 is 23.6 Å². The second-order valence-corrected chi connectivity index (χ2v) is 6.79. The molecule has 0 spiro atoms. The smallest absolute Gasteiger partial charge is 0.346 e. The van der Waals surface area contributed by atoms with Crippen LogP contribution in [-0.4, -0.2) is 21.0 Å². The van der Waals surface area contributed by atoms with E-state index in [-0.39, 0.29) is 5.92 Å². The van der Waals surface area contributed by atoms with Gasteiger partial charge in [0.2, 0.25) is 0 Å². The predicted octanol–water partition coefficient (Wildman–Crippen LogP) is 4.57. The van der Waals surface area contributed by atoms with Crippen molar-refractivity contribution in [2.75, 3.05) is 0 Å². The first-order valence-electron chi connectivity index (χ1n) is 6.94. The van der Waals surface area contributed by atoms with Gasteiger partial charge >= 0.3 is 5.97 Å². The number of carbonyl (C=O) groups is 1. The zero-order valence-corrected chi connectivity index (χ0v) is 13.5. The number of hydrogen-bond acceptors (Lipinski definition) is 4. The van der Waals surface area contributed by atoms with E-state index >= 15 is 0 Å². The molecule has 0 fully saturated rings. The number of aromatic carboxylic acids is 1. The van der Waals surface area contributed by atoms with Gasteiger partial charge in [-0.3, -0.25) is 0 Å². The number of aromatic nitrogens is 2. The van der Waals surface area contributed by atoms with Crippen molar-refractivity contribution in [1.82, 2.24) is 9.97 Å². The second kappa shape index (κ2) is 5.35. The van der Waals surface area contributed by atoms with Gasteiger partial charge in [-0.1, -0.05) is 30.8 Å². The first-order valence-corrected chi connectivity index (χ1v) is 8.17. The van der Waals surface area contributed by atoms with E-state index in [0.717, 1.165) is 24.1 Å². The van der Waals surface area contributed by atoms with Crippen LogP contribution in [0.3, 0.4) is 0 Å². The Morgan fingerprint density at radius 3 is 2.95 bits per heavy atom. The highest BCUT2D eigenvalue weighted by atomic mass is 32.1. The summed E-state index contributed by atoms with van der Waals surface area (Å²) >= 11 is 6.62. The standard InChI is InChI=1S/C15H16N2O2S2/c1-7(9-5-3-4-6-9)12-16-13(20)10-8(2)11(15(18)19)21-14(10)17-12/h5,7H,3-4,6H2,1-2H3,(H,18,19)(H,16,17,20). The highest BCUT2D eigenvalue weighted by Crippen LogP contribution is 2.34. The predicted molar refractivity (Wildman–Crippen MR) is 86.9 cm³/mol. The van der Waals surface area contributed by atoms with Gasteiger partial charge in [0.05, 0.1) is 0 Å². The molecule has 2 aromatic rings. The molecule has 0 saturated carbocycles. The van der Waals surface area contributed by atoms with Gasteiger partial charge in [0, 0.05) is 11.3 Å². The van der Waals surface area contributed by atoms with E-state index in [9.17, 15) is 9.90 Å². The fourth-order valence-electron chi connectivity index (χ4n) is 2.83. The summed E-state index contributed by atoms with van der Waals surface area (Å²) in [6, 6.07) is 0. The van der Waals surface area contributed by atoms with Crippen molar-refractivity contribution < 1.29 is 9.90 Å². The van der Waals surface area contributed by atoms with Gasteiger partial charge in [0.15, 0.2) is 0 Å². The largest absolute Gasteiger partial charge is 0.477 e. The van der Waals surface area contributed by atoms with Gasteiger partial charge in [-0.15, -0.1) is 11.3 Å².